The van der Waals surface area contributed by atoms with Crippen molar-refractivity contribution in [3.63, 3.8) is 0 Å². The molecule has 15 nitrogen and oxygen atoms in total. The predicted molar refractivity (Wildman–Crippen MR) is 211 cm³/mol. The number of nitrogens with one attached hydrogen (secondary N) is 3. The molecule has 3 aromatic carbocycles. The lowest BCUT2D eigenvalue weighted by atomic mass is 9.99. The number of fused-ring (bicyclic) bond motifs is 1. The van der Waals surface area contributed by atoms with Crippen LogP contribution >= 0.6 is 0 Å². The van der Waals surface area contributed by atoms with Gasteiger partial charge in [0.05, 0.1) is 99.0 Å². The molecule has 1 saturated heterocycles. The molecule has 3 aromatic rings. The van der Waals surface area contributed by atoms with Gasteiger partial charge >= 0.3 is 0 Å². The van der Waals surface area contributed by atoms with Crippen LogP contribution in [-0.4, -0.2) is 141 Å². The maximum absolute atomic E-state index is 13.9. The van der Waals surface area contributed by atoms with Crippen molar-refractivity contribution in [2.45, 2.75) is 18.5 Å². The van der Waals surface area contributed by atoms with Crippen LogP contribution in [0.25, 0.3) is 6.08 Å². The molecule has 5 rings (SSSR count). The molecule has 0 spiro atoms. The second kappa shape index (κ2) is 23.4. The molecule has 308 valence electrons. The van der Waals surface area contributed by atoms with Crippen LogP contribution in [0.3, 0.4) is 0 Å². The van der Waals surface area contributed by atoms with Crippen LogP contribution in [0.15, 0.2) is 60.7 Å². The summed E-state index contributed by atoms with van der Waals surface area (Å²) in [5.74, 6) is -0.0331. The van der Waals surface area contributed by atoms with Crippen molar-refractivity contribution in [1.82, 2.24) is 16.0 Å². The lowest BCUT2D eigenvalue weighted by Gasteiger charge is -2.21. The molecule has 1 heterocycles. The second-order valence-corrected chi connectivity index (χ2v) is 13.1. The molecule has 2 aliphatic rings. The molecule has 1 fully saturated rings. The van der Waals surface area contributed by atoms with Gasteiger partial charge in [0.1, 0.15) is 17.9 Å². The highest BCUT2D eigenvalue weighted by Gasteiger charge is 2.31. The fraction of sp³-hybridized carbons (Fsp3) is 0.452. The Morgan fingerprint density at radius 1 is 0.649 bits per heavy atom. The average molecular weight is 792 g/mol. The summed E-state index contributed by atoms with van der Waals surface area (Å²) in [6.45, 7) is 5.04. The minimum Gasteiger partial charge on any atom is -0.493 e. The summed E-state index contributed by atoms with van der Waals surface area (Å²) in [4.78, 5) is 40.3. The molecule has 2 amide bonds. The van der Waals surface area contributed by atoms with Crippen LogP contribution in [0.2, 0.25) is 0 Å². The molecule has 0 saturated carbocycles. The van der Waals surface area contributed by atoms with Gasteiger partial charge in [-0.25, -0.2) is 0 Å². The van der Waals surface area contributed by atoms with Crippen molar-refractivity contribution in [3.8, 4) is 17.2 Å². The Morgan fingerprint density at radius 3 is 1.75 bits per heavy atom. The number of rotatable bonds is 26. The van der Waals surface area contributed by atoms with E-state index >= 15 is 0 Å². The average Bonchev–Trinajstić information content (AvgIpc) is 3.90. The first kappa shape index (κ1) is 43.3. The number of ether oxygens (including phenoxy) is 8. The Bertz CT molecular complexity index is 1780. The Balaban J connectivity index is 1.06. The molecule has 0 radical (unpaired) electrons. The van der Waals surface area contributed by atoms with E-state index < -0.39 is 0 Å². The van der Waals surface area contributed by atoms with E-state index in [0.29, 0.717) is 95.0 Å². The molecule has 0 unspecified atom stereocenters. The highest BCUT2D eigenvalue weighted by molar-refractivity contribution is 6.13. The smallest absolute Gasteiger partial charge is 0.251 e. The fourth-order valence-corrected chi connectivity index (χ4v) is 6.30. The largest absolute Gasteiger partial charge is 0.493 e. The summed E-state index contributed by atoms with van der Waals surface area (Å²) in [6, 6.07) is 14.7. The minimum atomic E-state index is -0.382. The van der Waals surface area contributed by atoms with E-state index in [1.807, 2.05) is 24.3 Å². The third kappa shape index (κ3) is 12.8. The van der Waals surface area contributed by atoms with Gasteiger partial charge in [-0.05, 0) is 53.9 Å². The van der Waals surface area contributed by atoms with Crippen LogP contribution in [0.1, 0.15) is 47.8 Å². The van der Waals surface area contributed by atoms with Crippen molar-refractivity contribution >= 4 is 23.7 Å². The van der Waals surface area contributed by atoms with Gasteiger partial charge < -0.3 is 59.0 Å². The maximum Gasteiger partial charge on any atom is 0.251 e. The zero-order valence-electron chi connectivity index (χ0n) is 32.6. The van der Waals surface area contributed by atoms with Crippen LogP contribution in [0.5, 0.6) is 17.2 Å². The number of aliphatic hydroxyl groups excluding tert-OH is 1. The molecule has 1 aliphatic heterocycles. The number of aliphatic hydroxyl groups is 1. The quantitative estimate of drug-likeness (QED) is 0.0689. The zero-order chi connectivity index (χ0) is 40.2. The third-order valence-electron chi connectivity index (χ3n) is 9.24. The molecular weight excluding hydrogens is 738 g/mol. The van der Waals surface area contributed by atoms with Gasteiger partial charge in [-0.3, -0.25) is 14.4 Å². The zero-order valence-corrected chi connectivity index (χ0v) is 32.6. The topological polar surface area (TPSA) is 181 Å². The molecule has 0 aromatic heterocycles. The first-order valence-electron chi connectivity index (χ1n) is 19.1. The van der Waals surface area contributed by atoms with Crippen molar-refractivity contribution < 1.29 is 57.4 Å². The lowest BCUT2D eigenvalue weighted by Crippen LogP contribution is -2.51. The van der Waals surface area contributed by atoms with E-state index in [4.69, 9.17) is 43.0 Å². The van der Waals surface area contributed by atoms with Crippen molar-refractivity contribution in [2.24, 2.45) is 0 Å². The maximum atomic E-state index is 13.9. The number of carbonyl (C=O) groups is 3. The summed E-state index contributed by atoms with van der Waals surface area (Å²) in [6.07, 6.45) is 4.93. The lowest BCUT2D eigenvalue weighted by molar-refractivity contribution is -0.0146. The summed E-state index contributed by atoms with van der Waals surface area (Å²) < 4.78 is 44.1. The fourth-order valence-electron chi connectivity index (χ4n) is 6.30. The summed E-state index contributed by atoms with van der Waals surface area (Å²) in [5.41, 5.74) is 3.68. The Labute approximate surface area is 332 Å². The van der Waals surface area contributed by atoms with Gasteiger partial charge in [0.25, 0.3) is 11.8 Å². The third-order valence-corrected chi connectivity index (χ3v) is 9.24. The van der Waals surface area contributed by atoms with Gasteiger partial charge in [-0.1, -0.05) is 30.4 Å². The van der Waals surface area contributed by atoms with E-state index in [9.17, 15) is 14.4 Å². The molecule has 2 atom stereocenters. The van der Waals surface area contributed by atoms with Gasteiger partial charge in [0.15, 0.2) is 11.5 Å². The van der Waals surface area contributed by atoms with Gasteiger partial charge in [-0.15, -0.1) is 0 Å². The number of carbonyl (C=O) groups excluding carboxylic acids is 3. The number of benzene rings is 3. The molecule has 15 heteroatoms. The summed E-state index contributed by atoms with van der Waals surface area (Å²) >= 11 is 0. The molecule has 57 heavy (non-hydrogen) atoms. The minimum absolute atomic E-state index is 0.00519. The Morgan fingerprint density at radius 2 is 1.18 bits per heavy atom. The number of ketones is 1. The first-order valence-corrected chi connectivity index (χ1v) is 19.1. The van der Waals surface area contributed by atoms with Gasteiger partial charge in [0, 0.05) is 29.8 Å². The molecule has 0 bridgehead atoms. The highest BCUT2D eigenvalue weighted by Crippen LogP contribution is 2.39. The number of methoxy groups -OCH3 is 2. The molecular formula is C42H53N3O12. The van der Waals surface area contributed by atoms with E-state index in [1.54, 1.807) is 36.4 Å². The normalized spacial score (nSPS) is 15.6. The molecule has 4 N–H and O–H groups in total. The first-order chi connectivity index (χ1) is 27.9. The van der Waals surface area contributed by atoms with Gasteiger partial charge in [-0.2, -0.15) is 0 Å². The highest BCUT2D eigenvalue weighted by atomic mass is 16.6. The Hall–Kier alpha value is -4.87. The number of amides is 2. The number of allylic oxidation sites excluding steroid dienone is 1. The number of hydrogen-bond donors (Lipinski definition) is 4. The predicted octanol–water partition coefficient (Wildman–Crippen LogP) is 2.46. The monoisotopic (exact) mass is 791 g/mol. The van der Waals surface area contributed by atoms with Crippen LogP contribution in [-0.2, 0) is 30.1 Å². The van der Waals surface area contributed by atoms with Crippen molar-refractivity contribution in [3.05, 3.63) is 94.1 Å². The van der Waals surface area contributed by atoms with Crippen LogP contribution in [0, 0.1) is 0 Å². The van der Waals surface area contributed by atoms with Crippen molar-refractivity contribution in [1.29, 1.82) is 0 Å². The summed E-state index contributed by atoms with van der Waals surface area (Å²) in [7, 11) is 2.93. The SMILES string of the molecule is COc1ccc(OCCOCCOCCOCCOCCOCCO)c(C(=O)c2ccc(C(=O)N[C@@H]3CNC[C@H]3NC(=O)c3ccc4c(c3)CC=C4)cc2)c1OC. The summed E-state index contributed by atoms with van der Waals surface area (Å²) in [5, 5.41) is 18.0. The second-order valence-electron chi connectivity index (χ2n) is 13.1. The standard InChI is InChI=1S/C42H53N3O12/c1-50-37-13-12-36(57-25-24-56-23-22-55-21-20-54-19-18-53-17-16-52-15-14-46)38(40(37)51-2)39(47)30-7-9-31(10-8-30)41(48)44-34-27-43-28-35(34)45-42(49)33-11-6-29-4-3-5-32(29)26-33/h3-4,6-13,26,34-35,43,46H,5,14-25,27-28H2,1-2H3,(H,44,48)(H,45,49)/t34-,35-/m1/s1. The van der Waals surface area contributed by atoms with Crippen molar-refractivity contribution in [2.75, 3.05) is 107 Å². The van der Waals surface area contributed by atoms with Gasteiger partial charge in [0.2, 0.25) is 5.78 Å². The van der Waals surface area contributed by atoms with E-state index in [2.05, 4.69) is 22.0 Å². The van der Waals surface area contributed by atoms with E-state index in [1.165, 1.54) is 14.2 Å². The van der Waals surface area contributed by atoms with Crippen LogP contribution < -0.4 is 30.2 Å². The van der Waals surface area contributed by atoms with Crippen LogP contribution in [0.4, 0.5) is 0 Å². The van der Waals surface area contributed by atoms with E-state index in [0.717, 1.165) is 17.5 Å². The Kier molecular flexibility index (Phi) is 17.7. The van der Waals surface area contributed by atoms with E-state index in [-0.39, 0.29) is 66.6 Å². The number of hydrogen-bond acceptors (Lipinski definition) is 13. The molecule has 1 aliphatic carbocycles.